The summed E-state index contributed by atoms with van der Waals surface area (Å²) in [5, 5.41) is 0.484. The summed E-state index contributed by atoms with van der Waals surface area (Å²) in [6, 6.07) is 6.93. The molecule has 1 aliphatic carbocycles. The van der Waals surface area contributed by atoms with Crippen LogP contribution in [0.5, 0.6) is 0 Å². The molecule has 1 fully saturated rings. The third-order valence-corrected chi connectivity index (χ3v) is 8.20. The summed E-state index contributed by atoms with van der Waals surface area (Å²) in [6.45, 7) is 5.32. The second-order valence-corrected chi connectivity index (χ2v) is 10.9. The first-order valence-electron chi connectivity index (χ1n) is 9.93. The third kappa shape index (κ3) is 4.72. The summed E-state index contributed by atoms with van der Waals surface area (Å²) < 4.78 is 29.5. The molecule has 1 aromatic carbocycles. The van der Waals surface area contributed by atoms with Crippen LogP contribution in [-0.4, -0.2) is 25.2 Å². The minimum Gasteiger partial charge on any atom is -0.422 e. The average molecular weight is 405 g/mol. The van der Waals surface area contributed by atoms with E-state index in [-0.39, 0.29) is 34.2 Å². The summed E-state index contributed by atoms with van der Waals surface area (Å²) in [4.78, 5) is 24.2. The standard InChI is InChI=1S/C22H28O5S/c1-14(2)28(25,26)13-16-4-6-18(7-5-16)20(23)12-17-10-15(3)22-19(11-17)8-9-21(24)27-22/h8-11,14,16,18H,4-7,12-13H2,1-3H3. The zero-order chi connectivity index (χ0) is 20.5. The maximum Gasteiger partial charge on any atom is 0.336 e. The van der Waals surface area contributed by atoms with Crippen LogP contribution in [0.25, 0.3) is 11.0 Å². The van der Waals surface area contributed by atoms with Crippen LogP contribution in [0.4, 0.5) is 0 Å². The predicted molar refractivity (Wildman–Crippen MR) is 110 cm³/mol. The second kappa shape index (κ2) is 8.19. The lowest BCUT2D eigenvalue weighted by Gasteiger charge is -2.28. The molecular formula is C22H28O5S. The summed E-state index contributed by atoms with van der Waals surface area (Å²) in [5.74, 6) is 0.618. The number of hydrogen-bond donors (Lipinski definition) is 0. The Morgan fingerprint density at radius 1 is 1.14 bits per heavy atom. The van der Waals surface area contributed by atoms with Gasteiger partial charge < -0.3 is 4.42 Å². The van der Waals surface area contributed by atoms with Crippen molar-refractivity contribution in [2.24, 2.45) is 11.8 Å². The van der Waals surface area contributed by atoms with E-state index in [0.29, 0.717) is 12.0 Å². The number of ketones is 1. The molecule has 1 aromatic heterocycles. The highest BCUT2D eigenvalue weighted by Gasteiger charge is 2.30. The van der Waals surface area contributed by atoms with Gasteiger partial charge in [0.2, 0.25) is 0 Å². The first kappa shape index (κ1) is 20.8. The van der Waals surface area contributed by atoms with E-state index in [4.69, 9.17) is 4.42 Å². The van der Waals surface area contributed by atoms with E-state index in [1.807, 2.05) is 19.1 Å². The van der Waals surface area contributed by atoms with E-state index in [0.717, 1.165) is 42.2 Å². The fraction of sp³-hybridized carbons (Fsp3) is 0.545. The molecule has 1 saturated carbocycles. The van der Waals surface area contributed by atoms with Gasteiger partial charge in [0, 0.05) is 23.8 Å². The van der Waals surface area contributed by atoms with Gasteiger partial charge in [-0.15, -0.1) is 0 Å². The van der Waals surface area contributed by atoms with Gasteiger partial charge in [0.1, 0.15) is 11.4 Å². The number of carbonyl (C=O) groups is 1. The summed E-state index contributed by atoms with van der Waals surface area (Å²) in [6.07, 6.45) is 3.47. The lowest BCUT2D eigenvalue weighted by Crippen LogP contribution is -2.29. The smallest absolute Gasteiger partial charge is 0.336 e. The minimum atomic E-state index is -3.03. The first-order valence-corrected chi connectivity index (χ1v) is 11.6. The van der Waals surface area contributed by atoms with Crippen LogP contribution in [0.1, 0.15) is 50.7 Å². The van der Waals surface area contributed by atoms with Gasteiger partial charge in [-0.2, -0.15) is 0 Å². The Bertz CT molecular complexity index is 1020. The maximum atomic E-state index is 12.8. The van der Waals surface area contributed by atoms with Crippen LogP contribution in [-0.2, 0) is 21.1 Å². The Hall–Kier alpha value is -1.95. The number of hydrogen-bond acceptors (Lipinski definition) is 5. The van der Waals surface area contributed by atoms with Crippen molar-refractivity contribution in [1.29, 1.82) is 0 Å². The number of rotatable bonds is 6. The molecule has 0 atom stereocenters. The zero-order valence-corrected chi connectivity index (χ0v) is 17.6. The summed E-state index contributed by atoms with van der Waals surface area (Å²) >= 11 is 0. The van der Waals surface area contributed by atoms with Crippen LogP contribution in [0.2, 0.25) is 0 Å². The molecule has 0 saturated heterocycles. The molecule has 5 nitrogen and oxygen atoms in total. The number of fused-ring (bicyclic) bond motifs is 1. The molecule has 0 unspecified atom stereocenters. The number of benzene rings is 1. The van der Waals surface area contributed by atoms with Crippen LogP contribution >= 0.6 is 0 Å². The molecule has 152 valence electrons. The quantitative estimate of drug-likeness (QED) is 0.683. The molecule has 1 heterocycles. The number of carbonyl (C=O) groups excluding carboxylic acids is 1. The highest BCUT2D eigenvalue weighted by atomic mass is 32.2. The normalized spacial score (nSPS) is 20.6. The molecule has 0 amide bonds. The van der Waals surface area contributed by atoms with E-state index in [1.54, 1.807) is 19.9 Å². The van der Waals surface area contributed by atoms with E-state index < -0.39 is 9.84 Å². The van der Waals surface area contributed by atoms with Crippen molar-refractivity contribution in [3.63, 3.8) is 0 Å². The van der Waals surface area contributed by atoms with Crippen molar-refractivity contribution in [2.75, 3.05) is 5.75 Å². The van der Waals surface area contributed by atoms with Gasteiger partial charge in [0.05, 0.1) is 11.0 Å². The summed E-state index contributed by atoms with van der Waals surface area (Å²) in [7, 11) is -3.03. The Labute approximate surface area is 166 Å². The van der Waals surface area contributed by atoms with Crippen molar-refractivity contribution in [3.8, 4) is 0 Å². The lowest BCUT2D eigenvalue weighted by atomic mass is 9.79. The zero-order valence-electron chi connectivity index (χ0n) is 16.7. The molecule has 0 spiro atoms. The van der Waals surface area contributed by atoms with Gasteiger partial charge in [0.25, 0.3) is 0 Å². The van der Waals surface area contributed by atoms with E-state index in [9.17, 15) is 18.0 Å². The van der Waals surface area contributed by atoms with Gasteiger partial charge in [-0.3, -0.25) is 4.79 Å². The molecule has 0 aliphatic heterocycles. The number of aryl methyl sites for hydroxylation is 1. The van der Waals surface area contributed by atoms with Crippen molar-refractivity contribution < 1.29 is 17.6 Å². The van der Waals surface area contributed by atoms with Crippen LogP contribution < -0.4 is 5.63 Å². The monoisotopic (exact) mass is 404 g/mol. The van der Waals surface area contributed by atoms with Crippen molar-refractivity contribution in [3.05, 3.63) is 45.8 Å². The van der Waals surface area contributed by atoms with E-state index in [1.165, 1.54) is 6.07 Å². The largest absolute Gasteiger partial charge is 0.422 e. The van der Waals surface area contributed by atoms with E-state index in [2.05, 4.69) is 0 Å². The van der Waals surface area contributed by atoms with Crippen LogP contribution in [0.3, 0.4) is 0 Å². The Kier molecular flexibility index (Phi) is 6.08. The van der Waals surface area contributed by atoms with Gasteiger partial charge in [0.15, 0.2) is 9.84 Å². The molecule has 2 aromatic rings. The minimum absolute atomic E-state index is 0.00251. The molecule has 6 heteroatoms. The van der Waals surface area contributed by atoms with Gasteiger partial charge in [-0.25, -0.2) is 13.2 Å². The fourth-order valence-electron chi connectivity index (χ4n) is 4.05. The highest BCUT2D eigenvalue weighted by Crippen LogP contribution is 2.32. The van der Waals surface area contributed by atoms with E-state index >= 15 is 0 Å². The molecule has 0 bridgehead atoms. The average Bonchev–Trinajstić information content (AvgIpc) is 2.62. The Morgan fingerprint density at radius 2 is 1.82 bits per heavy atom. The first-order chi connectivity index (χ1) is 13.2. The van der Waals surface area contributed by atoms with Crippen molar-refractivity contribution in [2.45, 2.75) is 58.1 Å². The van der Waals surface area contributed by atoms with Crippen LogP contribution in [0, 0.1) is 18.8 Å². The second-order valence-electron chi connectivity index (χ2n) is 8.32. The molecule has 28 heavy (non-hydrogen) atoms. The van der Waals surface area contributed by atoms with Crippen molar-refractivity contribution in [1.82, 2.24) is 0 Å². The SMILES string of the molecule is Cc1cc(CC(=O)C2CCC(CS(=O)(=O)C(C)C)CC2)cc2ccc(=O)oc12. The predicted octanol–water partition coefficient (Wildman–Crippen LogP) is 3.84. The molecule has 0 radical (unpaired) electrons. The maximum absolute atomic E-state index is 12.8. The molecule has 0 N–H and O–H groups in total. The highest BCUT2D eigenvalue weighted by molar-refractivity contribution is 7.91. The van der Waals surface area contributed by atoms with Crippen LogP contribution in [0.15, 0.2) is 33.5 Å². The Balaban J connectivity index is 1.63. The third-order valence-electron chi connectivity index (χ3n) is 5.83. The lowest BCUT2D eigenvalue weighted by molar-refractivity contribution is -0.123. The molecule has 3 rings (SSSR count). The number of sulfone groups is 1. The van der Waals surface area contributed by atoms with Gasteiger partial charge in [-0.1, -0.05) is 6.07 Å². The molecule has 1 aliphatic rings. The van der Waals surface area contributed by atoms with Crippen molar-refractivity contribution >= 4 is 26.6 Å². The topological polar surface area (TPSA) is 81.4 Å². The van der Waals surface area contributed by atoms with Gasteiger partial charge in [-0.05, 0) is 75.6 Å². The van der Waals surface area contributed by atoms with Gasteiger partial charge >= 0.3 is 5.63 Å². The fourth-order valence-corrected chi connectivity index (χ4v) is 5.43. The molecular weight excluding hydrogens is 376 g/mol. The summed E-state index contributed by atoms with van der Waals surface area (Å²) in [5.41, 5.74) is 1.96. The number of Topliss-reactive ketones (excluding diaryl/α,β-unsaturated/α-hetero) is 1. The Morgan fingerprint density at radius 3 is 2.46 bits per heavy atom.